The summed E-state index contributed by atoms with van der Waals surface area (Å²) < 4.78 is 53.9. The Morgan fingerprint density at radius 1 is 1.09 bits per heavy atom. The lowest BCUT2D eigenvalue weighted by Crippen LogP contribution is -2.46. The van der Waals surface area contributed by atoms with Crippen LogP contribution in [0, 0.1) is 0 Å². The standard InChI is InChI=1S/C21H18Cl2F3N3O2S2/c22-15-5-6-17(19-18(15)16(23)11-27-19)28-32-12-1-3-13(4-2-12)33(31)14-7-9-29(10-8-14)20(30)21(24,25)26/h1-6,11,14,27-28H,7-10H2. The third kappa shape index (κ3) is 5.29. The molecule has 4 rings (SSSR count). The second kappa shape index (κ2) is 9.77. The molecule has 5 nitrogen and oxygen atoms in total. The smallest absolute Gasteiger partial charge is 0.358 e. The van der Waals surface area contributed by atoms with Crippen molar-refractivity contribution in [3.05, 3.63) is 52.6 Å². The van der Waals surface area contributed by atoms with Crippen LogP contribution in [-0.2, 0) is 15.6 Å². The Kier molecular flexibility index (Phi) is 7.18. The number of piperidine rings is 1. The number of rotatable bonds is 5. The number of carbonyl (C=O) groups excluding carboxylic acids is 1. The van der Waals surface area contributed by atoms with Crippen LogP contribution in [-0.4, -0.2) is 44.5 Å². The molecule has 1 aliphatic heterocycles. The van der Waals surface area contributed by atoms with Gasteiger partial charge in [0.15, 0.2) is 0 Å². The molecule has 2 aromatic carbocycles. The van der Waals surface area contributed by atoms with E-state index in [4.69, 9.17) is 23.2 Å². The molecule has 1 atom stereocenters. The summed E-state index contributed by atoms with van der Waals surface area (Å²) in [5.41, 5.74) is 1.59. The van der Waals surface area contributed by atoms with Gasteiger partial charge < -0.3 is 14.6 Å². The van der Waals surface area contributed by atoms with Crippen molar-refractivity contribution in [2.75, 3.05) is 17.8 Å². The van der Waals surface area contributed by atoms with Crippen LogP contribution in [0.2, 0.25) is 10.0 Å². The van der Waals surface area contributed by atoms with Crippen molar-refractivity contribution >= 4 is 68.4 Å². The van der Waals surface area contributed by atoms with Gasteiger partial charge >= 0.3 is 12.1 Å². The second-order valence-corrected chi connectivity index (χ2v) is 10.9. The Hall–Kier alpha value is -1.88. The van der Waals surface area contributed by atoms with Gasteiger partial charge in [-0.2, -0.15) is 13.2 Å². The summed E-state index contributed by atoms with van der Waals surface area (Å²) in [6.07, 6.45) is -2.68. The van der Waals surface area contributed by atoms with E-state index < -0.39 is 22.9 Å². The SMILES string of the molecule is O=C(N1CCC(S(=O)c2ccc(SNc3ccc(Cl)c4c(Cl)c[nH]c34)cc2)CC1)C(F)(F)F. The molecule has 0 aliphatic carbocycles. The number of likely N-dealkylation sites (tertiary alicyclic amines) is 1. The first kappa shape index (κ1) is 24.3. The highest BCUT2D eigenvalue weighted by Crippen LogP contribution is 2.36. The summed E-state index contributed by atoms with van der Waals surface area (Å²) in [4.78, 5) is 16.7. The molecule has 1 aliphatic rings. The van der Waals surface area contributed by atoms with Gasteiger partial charge in [0, 0.05) is 39.7 Å². The summed E-state index contributed by atoms with van der Waals surface area (Å²) in [5.74, 6) is -1.83. The highest BCUT2D eigenvalue weighted by molar-refractivity contribution is 8.00. The number of hydrogen-bond acceptors (Lipinski definition) is 4. The van der Waals surface area contributed by atoms with E-state index in [0.717, 1.165) is 26.4 Å². The zero-order valence-corrected chi connectivity index (χ0v) is 20.1. The Morgan fingerprint density at radius 2 is 1.76 bits per heavy atom. The maximum absolute atomic E-state index is 12.9. The van der Waals surface area contributed by atoms with Crippen molar-refractivity contribution in [3.8, 4) is 0 Å². The van der Waals surface area contributed by atoms with Crippen LogP contribution in [0.15, 0.2) is 52.4 Å². The van der Waals surface area contributed by atoms with Gasteiger partial charge in [0.05, 0.1) is 32.0 Å². The average molecular weight is 536 g/mol. The Bertz CT molecular complexity index is 1190. The monoisotopic (exact) mass is 535 g/mol. The summed E-state index contributed by atoms with van der Waals surface area (Å²) >= 11 is 13.7. The van der Waals surface area contributed by atoms with Crippen molar-refractivity contribution in [3.63, 3.8) is 0 Å². The molecule has 33 heavy (non-hydrogen) atoms. The van der Waals surface area contributed by atoms with Crippen molar-refractivity contribution in [2.45, 2.75) is 34.1 Å². The molecule has 1 aromatic heterocycles. The van der Waals surface area contributed by atoms with E-state index >= 15 is 0 Å². The molecule has 1 unspecified atom stereocenters. The van der Waals surface area contributed by atoms with E-state index in [1.54, 1.807) is 24.4 Å². The number of fused-ring (bicyclic) bond motifs is 1. The molecule has 0 saturated carbocycles. The molecule has 1 fully saturated rings. The number of halogens is 5. The first-order valence-corrected chi connectivity index (χ1v) is 12.7. The number of anilines is 1. The number of alkyl halides is 3. The number of aromatic amines is 1. The number of carbonyl (C=O) groups is 1. The van der Waals surface area contributed by atoms with E-state index in [-0.39, 0.29) is 31.2 Å². The minimum Gasteiger partial charge on any atom is -0.358 e. The predicted octanol–water partition coefficient (Wildman–Crippen LogP) is 6.25. The third-order valence-electron chi connectivity index (χ3n) is 5.35. The molecule has 1 amide bonds. The quantitative estimate of drug-likeness (QED) is 0.378. The summed E-state index contributed by atoms with van der Waals surface area (Å²) in [7, 11) is -1.37. The maximum atomic E-state index is 12.9. The van der Waals surface area contributed by atoms with Crippen molar-refractivity contribution < 1.29 is 22.2 Å². The van der Waals surface area contributed by atoms with Gasteiger partial charge in [0.2, 0.25) is 0 Å². The van der Waals surface area contributed by atoms with Crippen LogP contribution < -0.4 is 4.72 Å². The summed E-state index contributed by atoms with van der Waals surface area (Å²) in [6, 6.07) is 10.7. The van der Waals surface area contributed by atoms with Crippen molar-refractivity contribution in [1.82, 2.24) is 9.88 Å². The van der Waals surface area contributed by atoms with E-state index in [0.29, 0.717) is 14.9 Å². The summed E-state index contributed by atoms with van der Waals surface area (Å²) in [6.45, 7) is -0.101. The Labute approximate surface area is 204 Å². The maximum Gasteiger partial charge on any atom is 0.471 e. The first-order chi connectivity index (χ1) is 15.6. The molecular formula is C21H18Cl2F3N3O2S2. The molecule has 1 saturated heterocycles. The summed E-state index contributed by atoms with van der Waals surface area (Å²) in [5, 5.41) is 1.52. The zero-order valence-electron chi connectivity index (χ0n) is 16.9. The molecule has 0 spiro atoms. The van der Waals surface area contributed by atoms with Crippen molar-refractivity contribution in [1.29, 1.82) is 0 Å². The van der Waals surface area contributed by atoms with Gasteiger partial charge in [0.1, 0.15) is 0 Å². The van der Waals surface area contributed by atoms with E-state index in [2.05, 4.69) is 9.71 Å². The molecule has 3 aromatic rings. The topological polar surface area (TPSA) is 65.2 Å². The molecule has 2 heterocycles. The Morgan fingerprint density at radius 3 is 2.39 bits per heavy atom. The minimum absolute atomic E-state index is 0.0507. The normalized spacial score (nSPS) is 16.2. The fourth-order valence-electron chi connectivity index (χ4n) is 3.65. The van der Waals surface area contributed by atoms with E-state index in [1.165, 1.54) is 11.9 Å². The van der Waals surface area contributed by atoms with Crippen LogP contribution in [0.4, 0.5) is 18.9 Å². The fourth-order valence-corrected chi connectivity index (χ4v) is 6.31. The predicted molar refractivity (Wildman–Crippen MR) is 126 cm³/mol. The largest absolute Gasteiger partial charge is 0.471 e. The van der Waals surface area contributed by atoms with Gasteiger partial charge in [-0.25, -0.2) is 0 Å². The minimum atomic E-state index is -4.88. The third-order valence-corrected chi connectivity index (χ3v) is 8.60. The molecule has 0 bridgehead atoms. The molecule has 176 valence electrons. The van der Waals surface area contributed by atoms with Crippen LogP contribution in [0.1, 0.15) is 12.8 Å². The van der Waals surface area contributed by atoms with Crippen LogP contribution >= 0.6 is 35.1 Å². The molecule has 0 radical (unpaired) electrons. The van der Waals surface area contributed by atoms with Gasteiger partial charge in [-0.3, -0.25) is 9.00 Å². The molecule has 2 N–H and O–H groups in total. The number of hydrogen-bond donors (Lipinski definition) is 2. The number of amides is 1. The highest BCUT2D eigenvalue weighted by Gasteiger charge is 2.43. The fraction of sp³-hybridized carbons (Fsp3) is 0.286. The second-order valence-electron chi connectivity index (χ2n) is 7.44. The van der Waals surface area contributed by atoms with Crippen LogP contribution in [0.5, 0.6) is 0 Å². The first-order valence-electron chi connectivity index (χ1n) is 9.90. The lowest BCUT2D eigenvalue weighted by Gasteiger charge is -2.31. The van der Waals surface area contributed by atoms with E-state index in [9.17, 15) is 22.2 Å². The number of H-pyrrole nitrogens is 1. The Balaban J connectivity index is 1.36. The van der Waals surface area contributed by atoms with Gasteiger partial charge in [-0.05, 0) is 61.2 Å². The van der Waals surface area contributed by atoms with Crippen LogP contribution in [0.3, 0.4) is 0 Å². The van der Waals surface area contributed by atoms with Gasteiger partial charge in [-0.1, -0.05) is 23.2 Å². The number of aromatic nitrogens is 1. The average Bonchev–Trinajstić information content (AvgIpc) is 3.20. The molecule has 12 heteroatoms. The zero-order chi connectivity index (χ0) is 23.8. The van der Waals surface area contributed by atoms with E-state index in [1.807, 2.05) is 18.2 Å². The molecular weight excluding hydrogens is 518 g/mol. The number of nitrogens with one attached hydrogen (secondary N) is 2. The van der Waals surface area contributed by atoms with Crippen molar-refractivity contribution in [2.24, 2.45) is 0 Å². The highest BCUT2D eigenvalue weighted by atomic mass is 35.5. The van der Waals surface area contributed by atoms with Gasteiger partial charge in [-0.15, -0.1) is 0 Å². The van der Waals surface area contributed by atoms with Gasteiger partial charge in [0.25, 0.3) is 0 Å². The lowest BCUT2D eigenvalue weighted by molar-refractivity contribution is -0.186. The van der Waals surface area contributed by atoms with Crippen LogP contribution in [0.25, 0.3) is 10.9 Å². The lowest BCUT2D eigenvalue weighted by atomic mass is 10.1. The number of nitrogens with zero attached hydrogens (tertiary/aromatic N) is 1. The number of benzene rings is 2.